The molecule has 1 aromatic carbocycles. The summed E-state index contributed by atoms with van der Waals surface area (Å²) in [4.78, 5) is 0. The lowest BCUT2D eigenvalue weighted by atomic mass is 9.90. The van der Waals surface area contributed by atoms with Crippen molar-refractivity contribution >= 4 is 5.57 Å². The van der Waals surface area contributed by atoms with Gasteiger partial charge in [0, 0.05) is 12.8 Å². The maximum atomic E-state index is 5.72. The molecule has 1 heterocycles. The predicted molar refractivity (Wildman–Crippen MR) is 69.5 cm³/mol. The largest absolute Gasteiger partial charge is 0.497 e. The summed E-state index contributed by atoms with van der Waals surface area (Å²) in [5.74, 6) is 0.574. The van der Waals surface area contributed by atoms with E-state index in [0.29, 0.717) is 0 Å². The van der Waals surface area contributed by atoms with Gasteiger partial charge in [-0.2, -0.15) is 0 Å². The van der Waals surface area contributed by atoms with Crippen LogP contribution in [0, 0.1) is 0 Å². The second-order valence-corrected chi connectivity index (χ2v) is 4.77. The molecule has 96 valence electrons. The molecule has 0 bridgehead atoms. The van der Waals surface area contributed by atoms with E-state index < -0.39 is 0 Å². The highest BCUT2D eigenvalue weighted by Gasteiger charge is 2.37. The molecule has 3 nitrogen and oxygen atoms in total. The molecule has 1 aliphatic carbocycles. The molecule has 0 amide bonds. The first-order chi connectivity index (χ1) is 8.81. The summed E-state index contributed by atoms with van der Waals surface area (Å²) in [7, 11) is 1.70. The molecule has 0 saturated carbocycles. The van der Waals surface area contributed by atoms with Crippen molar-refractivity contribution in [2.24, 2.45) is 0 Å². The second-order valence-electron chi connectivity index (χ2n) is 4.77. The van der Waals surface area contributed by atoms with E-state index in [9.17, 15) is 0 Å². The summed E-state index contributed by atoms with van der Waals surface area (Å²) in [5.41, 5.74) is 2.60. The third-order valence-corrected chi connectivity index (χ3v) is 3.69. The van der Waals surface area contributed by atoms with E-state index in [2.05, 4.69) is 18.2 Å². The van der Waals surface area contributed by atoms with Crippen LogP contribution in [-0.4, -0.2) is 26.1 Å². The average molecular weight is 246 g/mol. The lowest BCUT2D eigenvalue weighted by molar-refractivity contribution is -0.159. The lowest BCUT2D eigenvalue weighted by Crippen LogP contribution is -2.31. The fraction of sp³-hybridized carbons (Fsp3) is 0.467. The van der Waals surface area contributed by atoms with E-state index in [0.717, 1.165) is 38.2 Å². The van der Waals surface area contributed by atoms with Crippen molar-refractivity contribution in [3.63, 3.8) is 0 Å². The minimum absolute atomic E-state index is 0.331. The minimum atomic E-state index is -0.331. The normalized spacial score (nSPS) is 21.9. The van der Waals surface area contributed by atoms with E-state index in [-0.39, 0.29) is 5.79 Å². The molecule has 1 saturated heterocycles. The van der Waals surface area contributed by atoms with Gasteiger partial charge in [-0.15, -0.1) is 0 Å². The number of rotatable bonds is 2. The van der Waals surface area contributed by atoms with Gasteiger partial charge in [-0.3, -0.25) is 0 Å². The molecule has 1 spiro atoms. The van der Waals surface area contributed by atoms with Crippen LogP contribution < -0.4 is 4.74 Å². The molecule has 0 unspecified atom stereocenters. The highest BCUT2D eigenvalue weighted by atomic mass is 16.7. The van der Waals surface area contributed by atoms with E-state index in [1.54, 1.807) is 7.11 Å². The van der Waals surface area contributed by atoms with Crippen LogP contribution in [0.4, 0.5) is 0 Å². The van der Waals surface area contributed by atoms with Gasteiger partial charge < -0.3 is 14.2 Å². The summed E-state index contributed by atoms with van der Waals surface area (Å²) in [5, 5.41) is 0. The molecule has 3 heteroatoms. The Hall–Kier alpha value is -1.32. The topological polar surface area (TPSA) is 27.7 Å². The average Bonchev–Trinajstić information content (AvgIpc) is 2.88. The summed E-state index contributed by atoms with van der Waals surface area (Å²) < 4.78 is 16.7. The fourth-order valence-corrected chi connectivity index (χ4v) is 2.65. The molecule has 1 aromatic rings. The van der Waals surface area contributed by atoms with Gasteiger partial charge in [-0.1, -0.05) is 18.2 Å². The number of allylic oxidation sites excluding steroid dienone is 1. The van der Waals surface area contributed by atoms with Gasteiger partial charge in [0.25, 0.3) is 0 Å². The van der Waals surface area contributed by atoms with Crippen molar-refractivity contribution in [1.82, 2.24) is 0 Å². The Morgan fingerprint density at radius 3 is 2.72 bits per heavy atom. The van der Waals surface area contributed by atoms with E-state index in [1.807, 2.05) is 12.1 Å². The van der Waals surface area contributed by atoms with Crippen LogP contribution in [0.25, 0.3) is 5.57 Å². The van der Waals surface area contributed by atoms with Crippen molar-refractivity contribution in [1.29, 1.82) is 0 Å². The zero-order chi connectivity index (χ0) is 12.4. The van der Waals surface area contributed by atoms with Crippen molar-refractivity contribution in [2.45, 2.75) is 25.0 Å². The molecule has 0 N–H and O–H groups in total. The first-order valence-electron chi connectivity index (χ1n) is 6.43. The number of hydrogen-bond acceptors (Lipinski definition) is 3. The first kappa shape index (κ1) is 11.8. The minimum Gasteiger partial charge on any atom is -0.497 e. The number of benzene rings is 1. The molecular formula is C15H18O3. The van der Waals surface area contributed by atoms with Gasteiger partial charge in [0.15, 0.2) is 5.79 Å². The Kier molecular flexibility index (Phi) is 3.10. The summed E-state index contributed by atoms with van der Waals surface area (Å²) in [6, 6.07) is 8.21. The molecule has 0 radical (unpaired) electrons. The molecule has 0 atom stereocenters. The van der Waals surface area contributed by atoms with Crippen molar-refractivity contribution < 1.29 is 14.2 Å². The number of ether oxygens (including phenoxy) is 3. The third-order valence-electron chi connectivity index (χ3n) is 3.69. The van der Waals surface area contributed by atoms with E-state index in [1.165, 1.54) is 11.1 Å². The van der Waals surface area contributed by atoms with Gasteiger partial charge in [-0.05, 0) is 29.7 Å². The van der Waals surface area contributed by atoms with Gasteiger partial charge >= 0.3 is 0 Å². The van der Waals surface area contributed by atoms with Crippen LogP contribution >= 0.6 is 0 Å². The first-order valence-corrected chi connectivity index (χ1v) is 6.43. The Balaban J connectivity index is 1.79. The zero-order valence-electron chi connectivity index (χ0n) is 10.6. The highest BCUT2D eigenvalue weighted by Crippen LogP contribution is 2.38. The zero-order valence-corrected chi connectivity index (χ0v) is 10.6. The Morgan fingerprint density at radius 1 is 1.22 bits per heavy atom. The van der Waals surface area contributed by atoms with Crippen molar-refractivity contribution in [2.75, 3.05) is 20.3 Å². The molecule has 1 aliphatic heterocycles. The highest BCUT2D eigenvalue weighted by molar-refractivity contribution is 5.67. The number of methoxy groups -OCH3 is 1. The van der Waals surface area contributed by atoms with Crippen LogP contribution in [0.3, 0.4) is 0 Å². The Labute approximate surface area is 107 Å². The van der Waals surface area contributed by atoms with Crippen LogP contribution in [0.5, 0.6) is 5.75 Å². The van der Waals surface area contributed by atoms with Crippen molar-refractivity contribution in [3.8, 4) is 5.75 Å². The third kappa shape index (κ3) is 2.16. The molecule has 0 aromatic heterocycles. The maximum absolute atomic E-state index is 5.72. The lowest BCUT2D eigenvalue weighted by Gasteiger charge is -2.30. The summed E-state index contributed by atoms with van der Waals surface area (Å²) in [6.07, 6.45) is 5.02. The molecule has 2 aliphatic rings. The van der Waals surface area contributed by atoms with Crippen molar-refractivity contribution in [3.05, 3.63) is 35.9 Å². The maximum Gasteiger partial charge on any atom is 0.172 e. The molecule has 3 rings (SSSR count). The SMILES string of the molecule is COc1cccc(C2=CCC3(CC2)OCCO3)c1. The predicted octanol–water partition coefficient (Wildman–Crippen LogP) is 3.01. The van der Waals surface area contributed by atoms with Crippen LogP contribution in [-0.2, 0) is 9.47 Å². The smallest absolute Gasteiger partial charge is 0.172 e. The van der Waals surface area contributed by atoms with Gasteiger partial charge in [0.05, 0.1) is 20.3 Å². The second kappa shape index (κ2) is 4.75. The molecule has 1 fully saturated rings. The molecular weight excluding hydrogens is 228 g/mol. The standard InChI is InChI=1S/C15H18O3/c1-16-14-4-2-3-13(11-14)12-5-7-15(8-6-12)17-9-10-18-15/h2-5,11H,6-10H2,1H3. The Morgan fingerprint density at radius 2 is 2.06 bits per heavy atom. The van der Waals surface area contributed by atoms with Gasteiger partial charge in [0.1, 0.15) is 5.75 Å². The summed E-state index contributed by atoms with van der Waals surface area (Å²) >= 11 is 0. The van der Waals surface area contributed by atoms with Crippen LogP contribution in [0.15, 0.2) is 30.3 Å². The van der Waals surface area contributed by atoms with Crippen LogP contribution in [0.1, 0.15) is 24.8 Å². The Bertz CT molecular complexity index is 459. The monoisotopic (exact) mass is 246 g/mol. The summed E-state index contributed by atoms with van der Waals surface area (Å²) in [6.45, 7) is 1.45. The fourth-order valence-electron chi connectivity index (χ4n) is 2.65. The van der Waals surface area contributed by atoms with E-state index >= 15 is 0 Å². The molecule has 18 heavy (non-hydrogen) atoms. The van der Waals surface area contributed by atoms with Gasteiger partial charge in [-0.25, -0.2) is 0 Å². The van der Waals surface area contributed by atoms with Crippen LogP contribution in [0.2, 0.25) is 0 Å². The van der Waals surface area contributed by atoms with Gasteiger partial charge in [0.2, 0.25) is 0 Å². The quantitative estimate of drug-likeness (QED) is 0.803. The number of hydrogen-bond donors (Lipinski definition) is 0. The van der Waals surface area contributed by atoms with E-state index in [4.69, 9.17) is 14.2 Å².